The number of benzene rings is 1. The Morgan fingerprint density at radius 2 is 2.10 bits per heavy atom. The van der Waals surface area contributed by atoms with Crippen molar-refractivity contribution in [2.24, 2.45) is 0 Å². The maximum Gasteiger partial charge on any atom is 0.417 e. The molecule has 1 amide bonds. The van der Waals surface area contributed by atoms with E-state index in [0.29, 0.717) is 19.6 Å². The van der Waals surface area contributed by atoms with E-state index in [9.17, 15) is 18.0 Å². The lowest BCUT2D eigenvalue weighted by molar-refractivity contribution is -0.138. The Morgan fingerprint density at radius 1 is 1.33 bits per heavy atom. The molecule has 1 fully saturated rings. The van der Waals surface area contributed by atoms with E-state index in [1.807, 2.05) is 0 Å². The summed E-state index contributed by atoms with van der Waals surface area (Å²) in [5.41, 5.74) is -1.30. The average molecular weight is 323 g/mol. The van der Waals surface area contributed by atoms with Gasteiger partial charge in [-0.05, 0) is 12.1 Å². The minimum atomic E-state index is -4.57. The molecule has 0 aromatic heterocycles. The quantitative estimate of drug-likeness (QED) is 0.793. The van der Waals surface area contributed by atoms with Crippen molar-refractivity contribution in [3.63, 3.8) is 0 Å². The molecule has 116 valence electrons. The second-order valence-corrected chi connectivity index (χ2v) is 4.84. The highest BCUT2D eigenvalue weighted by molar-refractivity contribution is 5.99. The normalized spacial score (nSPS) is 21.6. The summed E-state index contributed by atoms with van der Waals surface area (Å²) in [4.78, 5) is 13.9. The molecule has 21 heavy (non-hydrogen) atoms. The second kappa shape index (κ2) is 5.73. The minimum Gasteiger partial charge on any atom is -0.491 e. The standard InChI is InChI=1S/C13H13F3N2O2.ClH/c14-13(15,16)9-2-1-3-10-11(9)12(19)18-5-4-17-6-8(18)7-20-10;/h1-3,8,17H,4-7H2;1H. The topological polar surface area (TPSA) is 41.6 Å². The first-order valence-corrected chi connectivity index (χ1v) is 6.33. The van der Waals surface area contributed by atoms with Crippen molar-refractivity contribution < 1.29 is 22.7 Å². The maximum atomic E-state index is 13.1. The number of hydrogen-bond acceptors (Lipinski definition) is 3. The maximum absolute atomic E-state index is 13.1. The monoisotopic (exact) mass is 322 g/mol. The van der Waals surface area contributed by atoms with Gasteiger partial charge in [0.25, 0.3) is 5.91 Å². The van der Waals surface area contributed by atoms with Gasteiger partial charge in [0.2, 0.25) is 0 Å². The second-order valence-electron chi connectivity index (χ2n) is 4.84. The van der Waals surface area contributed by atoms with Gasteiger partial charge in [0.1, 0.15) is 12.4 Å². The highest BCUT2D eigenvalue weighted by Gasteiger charge is 2.41. The van der Waals surface area contributed by atoms with E-state index in [1.165, 1.54) is 17.0 Å². The number of nitrogens with zero attached hydrogens (tertiary/aromatic N) is 1. The summed E-state index contributed by atoms with van der Waals surface area (Å²) in [6.45, 7) is 1.69. The largest absolute Gasteiger partial charge is 0.491 e. The fourth-order valence-corrected chi connectivity index (χ4v) is 2.62. The molecule has 0 spiro atoms. The van der Waals surface area contributed by atoms with Crippen molar-refractivity contribution in [1.82, 2.24) is 10.2 Å². The Hall–Kier alpha value is -1.47. The van der Waals surface area contributed by atoms with E-state index in [1.54, 1.807) is 0 Å². The van der Waals surface area contributed by atoms with Crippen LogP contribution in [0.3, 0.4) is 0 Å². The van der Waals surface area contributed by atoms with Gasteiger partial charge in [0, 0.05) is 19.6 Å². The predicted octanol–water partition coefficient (Wildman–Crippen LogP) is 1.93. The third-order valence-corrected chi connectivity index (χ3v) is 3.59. The average Bonchev–Trinajstić information content (AvgIpc) is 2.56. The molecule has 1 saturated heterocycles. The highest BCUT2D eigenvalue weighted by atomic mass is 35.5. The lowest BCUT2D eigenvalue weighted by Crippen LogP contribution is -2.55. The highest BCUT2D eigenvalue weighted by Crippen LogP contribution is 2.38. The number of hydrogen-bond donors (Lipinski definition) is 1. The van der Waals surface area contributed by atoms with Gasteiger partial charge in [0.05, 0.1) is 17.2 Å². The molecule has 2 aliphatic heterocycles. The summed E-state index contributed by atoms with van der Waals surface area (Å²) in [5, 5.41) is 3.11. The van der Waals surface area contributed by atoms with E-state index in [0.717, 1.165) is 6.07 Å². The molecule has 4 nitrogen and oxygen atoms in total. The minimum absolute atomic E-state index is 0. The van der Waals surface area contributed by atoms with Crippen molar-refractivity contribution in [3.8, 4) is 5.75 Å². The fourth-order valence-electron chi connectivity index (χ4n) is 2.62. The first-order chi connectivity index (χ1) is 9.48. The van der Waals surface area contributed by atoms with Gasteiger partial charge >= 0.3 is 6.18 Å². The molecule has 0 saturated carbocycles. The Balaban J connectivity index is 0.00000161. The number of nitrogens with one attached hydrogen (secondary N) is 1. The van der Waals surface area contributed by atoms with Crippen LogP contribution in [-0.2, 0) is 6.18 Å². The summed E-state index contributed by atoms with van der Waals surface area (Å²) < 4.78 is 44.6. The number of halogens is 4. The molecule has 1 unspecified atom stereocenters. The number of piperazine rings is 1. The van der Waals surface area contributed by atoms with Gasteiger partial charge in [-0.3, -0.25) is 4.79 Å². The summed E-state index contributed by atoms with van der Waals surface area (Å²) >= 11 is 0. The van der Waals surface area contributed by atoms with E-state index in [2.05, 4.69) is 5.32 Å². The third kappa shape index (κ3) is 2.80. The first-order valence-electron chi connectivity index (χ1n) is 6.33. The van der Waals surface area contributed by atoms with E-state index >= 15 is 0 Å². The molecular weight excluding hydrogens is 309 g/mol. The van der Waals surface area contributed by atoms with Crippen molar-refractivity contribution in [2.75, 3.05) is 26.2 Å². The van der Waals surface area contributed by atoms with Gasteiger partial charge in [-0.15, -0.1) is 12.4 Å². The smallest absolute Gasteiger partial charge is 0.417 e. The van der Waals surface area contributed by atoms with Crippen LogP contribution < -0.4 is 10.1 Å². The molecule has 1 atom stereocenters. The van der Waals surface area contributed by atoms with Gasteiger partial charge < -0.3 is 15.0 Å². The Kier molecular flexibility index (Phi) is 4.34. The number of carbonyl (C=O) groups is 1. The molecule has 0 aliphatic carbocycles. The number of amides is 1. The van der Waals surface area contributed by atoms with Crippen LogP contribution in [0.5, 0.6) is 5.75 Å². The number of ether oxygens (including phenoxy) is 1. The van der Waals surface area contributed by atoms with E-state index in [-0.39, 0.29) is 36.4 Å². The zero-order valence-corrected chi connectivity index (χ0v) is 11.8. The molecule has 0 radical (unpaired) electrons. The molecule has 1 aromatic rings. The van der Waals surface area contributed by atoms with Crippen LogP contribution in [0.2, 0.25) is 0 Å². The van der Waals surface area contributed by atoms with Crippen molar-refractivity contribution >= 4 is 18.3 Å². The molecule has 1 N–H and O–H groups in total. The van der Waals surface area contributed by atoms with Gasteiger partial charge in [-0.1, -0.05) is 6.07 Å². The van der Waals surface area contributed by atoms with Crippen LogP contribution in [0.25, 0.3) is 0 Å². The van der Waals surface area contributed by atoms with Crippen LogP contribution in [0.1, 0.15) is 15.9 Å². The predicted molar refractivity (Wildman–Crippen MR) is 71.9 cm³/mol. The summed E-state index contributed by atoms with van der Waals surface area (Å²) in [7, 11) is 0. The van der Waals surface area contributed by atoms with Crippen LogP contribution in [0, 0.1) is 0 Å². The van der Waals surface area contributed by atoms with Crippen LogP contribution >= 0.6 is 12.4 Å². The van der Waals surface area contributed by atoms with Gasteiger partial charge in [-0.2, -0.15) is 13.2 Å². The Morgan fingerprint density at radius 3 is 2.81 bits per heavy atom. The lowest BCUT2D eigenvalue weighted by atomic mass is 10.0. The van der Waals surface area contributed by atoms with Crippen LogP contribution in [0.15, 0.2) is 18.2 Å². The van der Waals surface area contributed by atoms with Crippen LogP contribution in [0.4, 0.5) is 13.2 Å². The Bertz CT molecular complexity index is 551. The fraction of sp³-hybridized carbons (Fsp3) is 0.462. The molecule has 2 aliphatic rings. The molecule has 0 bridgehead atoms. The summed E-state index contributed by atoms with van der Waals surface area (Å²) in [5.74, 6) is -0.587. The molecule has 8 heteroatoms. The van der Waals surface area contributed by atoms with E-state index < -0.39 is 17.6 Å². The van der Waals surface area contributed by atoms with Crippen molar-refractivity contribution in [1.29, 1.82) is 0 Å². The summed E-state index contributed by atoms with van der Waals surface area (Å²) in [6.07, 6.45) is -4.57. The molecule has 2 heterocycles. The molecular formula is C13H14ClF3N2O2. The number of fused-ring (bicyclic) bond motifs is 2. The zero-order valence-electron chi connectivity index (χ0n) is 10.9. The summed E-state index contributed by atoms with van der Waals surface area (Å²) in [6, 6.07) is 3.36. The first kappa shape index (κ1) is 15.9. The number of rotatable bonds is 0. The van der Waals surface area contributed by atoms with Crippen LogP contribution in [-0.4, -0.2) is 43.1 Å². The van der Waals surface area contributed by atoms with E-state index in [4.69, 9.17) is 4.74 Å². The van der Waals surface area contributed by atoms with Crippen molar-refractivity contribution in [3.05, 3.63) is 29.3 Å². The van der Waals surface area contributed by atoms with Gasteiger partial charge in [0.15, 0.2) is 0 Å². The number of carbonyl (C=O) groups excluding carboxylic acids is 1. The van der Waals surface area contributed by atoms with Gasteiger partial charge in [-0.25, -0.2) is 0 Å². The third-order valence-electron chi connectivity index (χ3n) is 3.59. The van der Waals surface area contributed by atoms with Crippen molar-refractivity contribution in [2.45, 2.75) is 12.2 Å². The lowest BCUT2D eigenvalue weighted by Gasteiger charge is -2.34. The molecule has 1 aromatic carbocycles. The zero-order chi connectivity index (χ0) is 14.3. The molecule has 3 rings (SSSR count). The number of alkyl halides is 3. The SMILES string of the molecule is Cl.O=C1c2c(cccc2C(F)(F)F)OCC2CNCCN12. The Labute approximate surface area is 125 Å².